The van der Waals surface area contributed by atoms with Gasteiger partial charge in [0, 0.05) is 38.8 Å². The van der Waals surface area contributed by atoms with Crippen molar-refractivity contribution in [1.82, 2.24) is 10.2 Å². The van der Waals surface area contributed by atoms with E-state index in [4.69, 9.17) is 4.74 Å². The van der Waals surface area contributed by atoms with Gasteiger partial charge in [0.25, 0.3) is 0 Å². The number of rotatable bonds is 10. The molecule has 1 aliphatic carbocycles. The Morgan fingerprint density at radius 2 is 1.94 bits per heavy atom. The Balaban J connectivity index is 2.15. The van der Waals surface area contributed by atoms with E-state index in [1.54, 1.807) is 0 Å². The molecule has 0 aromatic carbocycles. The van der Waals surface area contributed by atoms with E-state index in [0.717, 1.165) is 38.3 Å². The minimum atomic E-state index is 0.772. The fraction of sp³-hybridized carbons (Fsp3) is 1.00. The zero-order valence-electron chi connectivity index (χ0n) is 12.6. The summed E-state index contributed by atoms with van der Waals surface area (Å²) in [5, 5.41) is 3.48. The topological polar surface area (TPSA) is 24.5 Å². The molecular weight excluding hydrogens is 224 g/mol. The van der Waals surface area contributed by atoms with E-state index in [-0.39, 0.29) is 0 Å². The first-order valence-electron chi connectivity index (χ1n) is 7.76. The van der Waals surface area contributed by atoms with Crippen molar-refractivity contribution < 1.29 is 4.74 Å². The average Bonchev–Trinajstić information content (AvgIpc) is 2.85. The van der Waals surface area contributed by atoms with E-state index in [1.807, 2.05) is 6.92 Å². The third kappa shape index (κ3) is 6.72. The molecule has 1 rings (SSSR count). The largest absolute Gasteiger partial charge is 0.380 e. The lowest BCUT2D eigenvalue weighted by molar-refractivity contribution is 0.144. The zero-order valence-corrected chi connectivity index (χ0v) is 12.6. The lowest BCUT2D eigenvalue weighted by Gasteiger charge is -2.30. The molecule has 0 bridgehead atoms. The van der Waals surface area contributed by atoms with Gasteiger partial charge in [-0.1, -0.05) is 26.7 Å². The van der Waals surface area contributed by atoms with Gasteiger partial charge in [-0.15, -0.1) is 0 Å². The number of hydrogen-bond donors (Lipinski definition) is 1. The Hall–Kier alpha value is -0.120. The molecule has 1 aliphatic rings. The van der Waals surface area contributed by atoms with Gasteiger partial charge in [0.1, 0.15) is 0 Å². The molecule has 0 saturated heterocycles. The van der Waals surface area contributed by atoms with Gasteiger partial charge in [0.15, 0.2) is 0 Å². The van der Waals surface area contributed by atoms with E-state index in [1.165, 1.54) is 38.8 Å². The minimum Gasteiger partial charge on any atom is -0.380 e. The van der Waals surface area contributed by atoms with Crippen molar-refractivity contribution >= 4 is 0 Å². The molecule has 3 nitrogen and oxygen atoms in total. The van der Waals surface area contributed by atoms with Crippen molar-refractivity contribution in [3.8, 4) is 0 Å². The fourth-order valence-electron chi connectivity index (χ4n) is 2.80. The third-order valence-electron chi connectivity index (χ3n) is 3.64. The molecule has 0 aromatic heterocycles. The highest BCUT2D eigenvalue weighted by Crippen LogP contribution is 2.23. The summed E-state index contributed by atoms with van der Waals surface area (Å²) in [7, 11) is 0. The molecule has 1 fully saturated rings. The van der Waals surface area contributed by atoms with Crippen LogP contribution in [0.3, 0.4) is 0 Å². The first kappa shape index (κ1) is 15.9. The molecule has 0 aliphatic heterocycles. The minimum absolute atomic E-state index is 0.772. The summed E-state index contributed by atoms with van der Waals surface area (Å²) in [6.45, 7) is 12.9. The maximum Gasteiger partial charge on any atom is 0.0590 e. The van der Waals surface area contributed by atoms with Gasteiger partial charge in [0.05, 0.1) is 6.61 Å². The molecular formula is C15H32N2O. The van der Waals surface area contributed by atoms with Crippen LogP contribution in [0.2, 0.25) is 0 Å². The van der Waals surface area contributed by atoms with Crippen molar-refractivity contribution in [3.05, 3.63) is 0 Å². The first-order chi connectivity index (χ1) is 8.74. The van der Waals surface area contributed by atoms with Crippen LogP contribution in [0.25, 0.3) is 0 Å². The molecule has 0 atom stereocenters. The first-order valence-corrected chi connectivity index (χ1v) is 7.76. The summed E-state index contributed by atoms with van der Waals surface area (Å²) in [4.78, 5) is 2.70. The van der Waals surface area contributed by atoms with Crippen molar-refractivity contribution in [3.63, 3.8) is 0 Å². The van der Waals surface area contributed by atoms with Gasteiger partial charge in [0.2, 0.25) is 0 Å². The molecule has 18 heavy (non-hydrogen) atoms. The highest BCUT2D eigenvalue weighted by molar-refractivity contribution is 4.78. The van der Waals surface area contributed by atoms with Crippen molar-refractivity contribution in [1.29, 1.82) is 0 Å². The predicted octanol–water partition coefficient (Wildman–Crippen LogP) is 2.51. The van der Waals surface area contributed by atoms with E-state index >= 15 is 0 Å². The van der Waals surface area contributed by atoms with Crippen LogP contribution in [0.15, 0.2) is 0 Å². The van der Waals surface area contributed by atoms with Crippen LogP contribution in [0.5, 0.6) is 0 Å². The van der Waals surface area contributed by atoms with Gasteiger partial charge in [-0.25, -0.2) is 0 Å². The van der Waals surface area contributed by atoms with Crippen molar-refractivity contribution in [2.45, 2.75) is 52.5 Å². The van der Waals surface area contributed by atoms with Gasteiger partial charge in [-0.3, -0.25) is 4.90 Å². The van der Waals surface area contributed by atoms with Gasteiger partial charge in [-0.2, -0.15) is 0 Å². The summed E-state index contributed by atoms with van der Waals surface area (Å²) in [5.41, 5.74) is 0. The summed E-state index contributed by atoms with van der Waals surface area (Å²) < 4.78 is 5.33. The smallest absolute Gasteiger partial charge is 0.0590 e. The van der Waals surface area contributed by atoms with Gasteiger partial charge >= 0.3 is 0 Å². The summed E-state index contributed by atoms with van der Waals surface area (Å²) >= 11 is 0. The highest BCUT2D eigenvalue weighted by atomic mass is 16.5. The van der Waals surface area contributed by atoms with E-state index in [2.05, 4.69) is 24.1 Å². The molecule has 0 heterocycles. The molecule has 0 aromatic rings. The molecule has 1 saturated carbocycles. The van der Waals surface area contributed by atoms with Crippen molar-refractivity contribution in [2.24, 2.45) is 5.92 Å². The normalized spacial score (nSPS) is 17.2. The highest BCUT2D eigenvalue weighted by Gasteiger charge is 2.22. The number of hydrogen-bond acceptors (Lipinski definition) is 3. The molecule has 108 valence electrons. The average molecular weight is 256 g/mol. The second-order valence-corrected chi connectivity index (χ2v) is 5.77. The summed E-state index contributed by atoms with van der Waals surface area (Å²) in [5.74, 6) is 0.772. The number of ether oxygens (including phenoxy) is 1. The SMILES string of the molecule is CCOCCNCCN(CC(C)C)C1CCCC1. The maximum absolute atomic E-state index is 5.33. The molecule has 0 amide bonds. The lowest BCUT2D eigenvalue weighted by Crippen LogP contribution is -2.41. The molecule has 1 N–H and O–H groups in total. The standard InChI is InChI=1S/C15H32N2O/c1-4-18-12-10-16-9-11-17(13-14(2)3)15-7-5-6-8-15/h14-16H,4-13H2,1-3H3. The number of nitrogens with one attached hydrogen (secondary N) is 1. The Morgan fingerprint density at radius 1 is 1.22 bits per heavy atom. The Kier molecular flexibility index (Phi) is 8.64. The summed E-state index contributed by atoms with van der Waals surface area (Å²) in [6, 6.07) is 0.848. The van der Waals surface area contributed by atoms with E-state index < -0.39 is 0 Å². The van der Waals surface area contributed by atoms with Crippen LogP contribution in [0.1, 0.15) is 46.5 Å². The van der Waals surface area contributed by atoms with Crippen molar-refractivity contribution in [2.75, 3.05) is 39.4 Å². The Morgan fingerprint density at radius 3 is 2.56 bits per heavy atom. The number of nitrogens with zero attached hydrogens (tertiary/aromatic N) is 1. The van der Waals surface area contributed by atoms with Gasteiger partial charge < -0.3 is 10.1 Å². The van der Waals surface area contributed by atoms with Crippen LogP contribution in [-0.4, -0.2) is 50.3 Å². The van der Waals surface area contributed by atoms with Crippen LogP contribution < -0.4 is 5.32 Å². The maximum atomic E-state index is 5.33. The molecule has 0 spiro atoms. The van der Waals surface area contributed by atoms with Crippen LogP contribution in [0, 0.1) is 5.92 Å². The van der Waals surface area contributed by atoms with Crippen LogP contribution >= 0.6 is 0 Å². The second kappa shape index (κ2) is 9.76. The Bertz CT molecular complexity index is 191. The van der Waals surface area contributed by atoms with Crippen LogP contribution in [-0.2, 0) is 4.74 Å². The second-order valence-electron chi connectivity index (χ2n) is 5.77. The van der Waals surface area contributed by atoms with E-state index in [9.17, 15) is 0 Å². The molecule has 0 unspecified atom stereocenters. The summed E-state index contributed by atoms with van der Waals surface area (Å²) in [6.07, 6.45) is 5.67. The zero-order chi connectivity index (χ0) is 13.2. The fourth-order valence-corrected chi connectivity index (χ4v) is 2.80. The van der Waals surface area contributed by atoms with Crippen LogP contribution in [0.4, 0.5) is 0 Å². The van der Waals surface area contributed by atoms with Gasteiger partial charge in [-0.05, 0) is 25.7 Å². The molecule has 3 heteroatoms. The lowest BCUT2D eigenvalue weighted by atomic mass is 10.1. The monoisotopic (exact) mass is 256 g/mol. The molecule has 0 radical (unpaired) electrons. The predicted molar refractivity (Wildman–Crippen MR) is 78.0 cm³/mol. The van der Waals surface area contributed by atoms with E-state index in [0.29, 0.717) is 0 Å². The quantitative estimate of drug-likeness (QED) is 0.608. The Labute approximate surface area is 113 Å². The third-order valence-corrected chi connectivity index (χ3v) is 3.64.